The first kappa shape index (κ1) is 14.4. The summed E-state index contributed by atoms with van der Waals surface area (Å²) in [5, 5.41) is 21.5. The molecule has 0 aliphatic rings. The zero-order valence-corrected chi connectivity index (χ0v) is 10.5. The Morgan fingerprint density at radius 3 is 2.72 bits per heavy atom. The number of aliphatic hydroxyl groups is 1. The van der Waals surface area contributed by atoms with E-state index in [1.54, 1.807) is 0 Å². The van der Waals surface area contributed by atoms with Gasteiger partial charge in [0.15, 0.2) is 0 Å². The standard InChI is InChI=1S/C13H18FNO3/c1-8(2)5-10(16)7-15-13(18)11-6-9(14)3-4-12(11)17/h3-4,6,8,10,16-17H,5,7H2,1-2H3,(H,15,18). The molecule has 0 radical (unpaired) electrons. The summed E-state index contributed by atoms with van der Waals surface area (Å²) in [6.45, 7) is 4.00. The maximum Gasteiger partial charge on any atom is 0.255 e. The van der Waals surface area contributed by atoms with Crippen molar-refractivity contribution in [3.63, 3.8) is 0 Å². The van der Waals surface area contributed by atoms with Crippen molar-refractivity contribution in [1.82, 2.24) is 5.32 Å². The molecule has 5 heteroatoms. The highest BCUT2D eigenvalue weighted by molar-refractivity contribution is 5.96. The summed E-state index contributed by atoms with van der Waals surface area (Å²) in [6.07, 6.45) is -0.0836. The Kier molecular flexibility index (Phi) is 5.09. The largest absolute Gasteiger partial charge is 0.507 e. The van der Waals surface area contributed by atoms with Crippen molar-refractivity contribution >= 4 is 5.91 Å². The molecule has 100 valence electrons. The van der Waals surface area contributed by atoms with Crippen molar-refractivity contribution in [2.24, 2.45) is 5.92 Å². The fraction of sp³-hybridized carbons (Fsp3) is 0.462. The van der Waals surface area contributed by atoms with Gasteiger partial charge in [0.2, 0.25) is 0 Å². The molecule has 1 aromatic rings. The third kappa shape index (κ3) is 4.33. The van der Waals surface area contributed by atoms with E-state index in [1.807, 2.05) is 13.8 Å². The summed E-state index contributed by atoms with van der Waals surface area (Å²) in [7, 11) is 0. The minimum absolute atomic E-state index is 0.0764. The third-order valence-corrected chi connectivity index (χ3v) is 2.44. The van der Waals surface area contributed by atoms with Crippen LogP contribution in [0.25, 0.3) is 0 Å². The number of aliphatic hydroxyl groups excluding tert-OH is 1. The molecule has 4 nitrogen and oxygen atoms in total. The Morgan fingerprint density at radius 1 is 1.44 bits per heavy atom. The van der Waals surface area contributed by atoms with Gasteiger partial charge in [-0.3, -0.25) is 4.79 Å². The molecule has 18 heavy (non-hydrogen) atoms. The number of hydrogen-bond acceptors (Lipinski definition) is 3. The van der Waals surface area contributed by atoms with Gasteiger partial charge in [-0.05, 0) is 30.5 Å². The van der Waals surface area contributed by atoms with Crippen molar-refractivity contribution in [2.45, 2.75) is 26.4 Å². The highest BCUT2D eigenvalue weighted by Crippen LogP contribution is 2.17. The highest BCUT2D eigenvalue weighted by atomic mass is 19.1. The van der Waals surface area contributed by atoms with Crippen LogP contribution in [0.3, 0.4) is 0 Å². The SMILES string of the molecule is CC(C)CC(O)CNC(=O)c1cc(F)ccc1O. The van der Waals surface area contributed by atoms with E-state index >= 15 is 0 Å². The van der Waals surface area contributed by atoms with Gasteiger partial charge in [0, 0.05) is 6.54 Å². The van der Waals surface area contributed by atoms with E-state index in [2.05, 4.69) is 5.32 Å². The van der Waals surface area contributed by atoms with Gasteiger partial charge in [0.1, 0.15) is 11.6 Å². The second kappa shape index (κ2) is 6.35. The van der Waals surface area contributed by atoms with E-state index in [-0.39, 0.29) is 17.9 Å². The smallest absolute Gasteiger partial charge is 0.255 e. The summed E-state index contributed by atoms with van der Waals surface area (Å²) in [4.78, 5) is 11.7. The molecule has 1 atom stereocenters. The monoisotopic (exact) mass is 255 g/mol. The molecular formula is C13H18FNO3. The molecule has 1 unspecified atom stereocenters. The van der Waals surface area contributed by atoms with Crippen LogP contribution in [0.5, 0.6) is 5.75 Å². The molecule has 0 aromatic heterocycles. The highest BCUT2D eigenvalue weighted by Gasteiger charge is 2.14. The predicted molar refractivity (Wildman–Crippen MR) is 65.9 cm³/mol. The van der Waals surface area contributed by atoms with Crippen molar-refractivity contribution in [1.29, 1.82) is 0 Å². The number of phenolic OH excluding ortho intramolecular Hbond substituents is 1. The molecule has 1 aromatic carbocycles. The Hall–Kier alpha value is -1.62. The van der Waals surface area contributed by atoms with Gasteiger partial charge in [-0.1, -0.05) is 13.8 Å². The molecular weight excluding hydrogens is 237 g/mol. The number of benzene rings is 1. The lowest BCUT2D eigenvalue weighted by atomic mass is 10.1. The van der Waals surface area contributed by atoms with E-state index < -0.39 is 17.8 Å². The van der Waals surface area contributed by atoms with Crippen LogP contribution in [0.2, 0.25) is 0 Å². The number of carbonyl (C=O) groups excluding carboxylic acids is 1. The van der Waals surface area contributed by atoms with Crippen molar-refractivity contribution in [3.05, 3.63) is 29.6 Å². The van der Waals surface area contributed by atoms with Crippen molar-refractivity contribution < 1.29 is 19.4 Å². The summed E-state index contributed by atoms with van der Waals surface area (Å²) in [5.41, 5.74) is -0.133. The predicted octanol–water partition coefficient (Wildman–Crippen LogP) is 1.67. The van der Waals surface area contributed by atoms with Crippen LogP contribution < -0.4 is 5.32 Å². The Bertz CT molecular complexity index is 421. The second-order valence-corrected chi connectivity index (χ2v) is 4.65. The lowest BCUT2D eigenvalue weighted by Gasteiger charge is -2.14. The summed E-state index contributed by atoms with van der Waals surface area (Å²) in [6, 6.07) is 3.15. The Labute approximate surface area is 105 Å². The van der Waals surface area contributed by atoms with Crippen LogP contribution in [0.15, 0.2) is 18.2 Å². The van der Waals surface area contributed by atoms with Gasteiger partial charge in [0.05, 0.1) is 11.7 Å². The van der Waals surface area contributed by atoms with Gasteiger partial charge in [-0.15, -0.1) is 0 Å². The van der Waals surface area contributed by atoms with Gasteiger partial charge < -0.3 is 15.5 Å². The van der Waals surface area contributed by atoms with Gasteiger partial charge in [-0.2, -0.15) is 0 Å². The molecule has 0 bridgehead atoms. The van der Waals surface area contributed by atoms with Gasteiger partial charge in [-0.25, -0.2) is 4.39 Å². The molecule has 0 saturated carbocycles. The first-order chi connectivity index (χ1) is 8.40. The second-order valence-electron chi connectivity index (χ2n) is 4.65. The Morgan fingerprint density at radius 2 is 2.11 bits per heavy atom. The van der Waals surface area contributed by atoms with Crippen LogP contribution in [0, 0.1) is 11.7 Å². The maximum absolute atomic E-state index is 12.9. The molecule has 0 aliphatic carbocycles. The van der Waals surface area contributed by atoms with Crippen LogP contribution in [0.4, 0.5) is 4.39 Å². The van der Waals surface area contributed by atoms with Crippen LogP contribution in [-0.4, -0.2) is 28.8 Å². The van der Waals surface area contributed by atoms with Gasteiger partial charge >= 0.3 is 0 Å². The molecule has 0 aliphatic heterocycles. The fourth-order valence-electron chi connectivity index (χ4n) is 1.62. The van der Waals surface area contributed by atoms with E-state index in [1.165, 1.54) is 0 Å². The lowest BCUT2D eigenvalue weighted by Crippen LogP contribution is -2.32. The van der Waals surface area contributed by atoms with Gasteiger partial charge in [0.25, 0.3) is 5.91 Å². The van der Waals surface area contributed by atoms with E-state index in [9.17, 15) is 19.4 Å². The summed E-state index contributed by atoms with van der Waals surface area (Å²) >= 11 is 0. The fourth-order valence-corrected chi connectivity index (χ4v) is 1.62. The number of rotatable bonds is 5. The van der Waals surface area contributed by atoms with E-state index in [0.717, 1.165) is 18.2 Å². The first-order valence-electron chi connectivity index (χ1n) is 5.85. The Balaban J connectivity index is 2.58. The van der Waals surface area contributed by atoms with Crippen molar-refractivity contribution in [2.75, 3.05) is 6.54 Å². The molecule has 0 fully saturated rings. The van der Waals surface area contributed by atoms with E-state index in [0.29, 0.717) is 12.3 Å². The molecule has 1 rings (SSSR count). The van der Waals surface area contributed by atoms with Crippen molar-refractivity contribution in [3.8, 4) is 5.75 Å². The van der Waals surface area contributed by atoms with E-state index in [4.69, 9.17) is 0 Å². The number of hydrogen-bond donors (Lipinski definition) is 3. The first-order valence-corrected chi connectivity index (χ1v) is 5.85. The quantitative estimate of drug-likeness (QED) is 0.749. The third-order valence-electron chi connectivity index (χ3n) is 2.44. The number of phenols is 1. The number of amides is 1. The van der Waals surface area contributed by atoms with Crippen LogP contribution >= 0.6 is 0 Å². The minimum Gasteiger partial charge on any atom is -0.507 e. The normalized spacial score (nSPS) is 12.5. The molecule has 3 N–H and O–H groups in total. The minimum atomic E-state index is -0.648. The average Bonchev–Trinajstić information content (AvgIpc) is 2.28. The molecule has 0 saturated heterocycles. The summed E-state index contributed by atoms with van der Waals surface area (Å²) in [5.74, 6) is -1.16. The summed E-state index contributed by atoms with van der Waals surface area (Å²) < 4.78 is 12.9. The average molecular weight is 255 g/mol. The zero-order valence-electron chi connectivity index (χ0n) is 10.5. The molecule has 1 amide bonds. The number of aromatic hydroxyl groups is 1. The topological polar surface area (TPSA) is 69.6 Å². The lowest BCUT2D eigenvalue weighted by molar-refractivity contribution is 0.0897. The number of nitrogens with one attached hydrogen (secondary N) is 1. The number of halogens is 1. The molecule has 0 heterocycles. The van der Waals surface area contributed by atoms with Crippen LogP contribution in [0.1, 0.15) is 30.6 Å². The maximum atomic E-state index is 12.9. The van der Waals surface area contributed by atoms with Crippen LogP contribution in [-0.2, 0) is 0 Å². The number of carbonyl (C=O) groups is 1. The molecule has 0 spiro atoms. The zero-order chi connectivity index (χ0) is 13.7.